The van der Waals surface area contributed by atoms with E-state index in [2.05, 4.69) is 10.2 Å². The first-order valence-corrected chi connectivity index (χ1v) is 3.79. The molecule has 0 aromatic heterocycles. The summed E-state index contributed by atoms with van der Waals surface area (Å²) < 4.78 is 0. The Morgan fingerprint density at radius 1 is 1.18 bits per heavy atom. The van der Waals surface area contributed by atoms with Crippen LogP contribution in [0, 0.1) is 6.92 Å². The van der Waals surface area contributed by atoms with Gasteiger partial charge in [0.15, 0.2) is 0 Å². The van der Waals surface area contributed by atoms with Gasteiger partial charge in [-0.3, -0.25) is 0 Å². The van der Waals surface area contributed by atoms with Crippen LogP contribution in [0.2, 0.25) is 0 Å². The fourth-order valence-electron chi connectivity index (χ4n) is 0.925. The van der Waals surface area contributed by atoms with E-state index < -0.39 is 5.12 Å². The van der Waals surface area contributed by atoms with Crippen molar-refractivity contribution in [1.82, 2.24) is 0 Å². The van der Waals surface area contributed by atoms with Crippen molar-refractivity contribution >= 4 is 11.6 Å². The van der Waals surface area contributed by atoms with Gasteiger partial charge in [0.25, 0.3) is 5.12 Å². The highest BCUT2D eigenvalue weighted by Gasteiger charge is 2.39. The standard InChI is InChI=1S/C8H7ClN2/c1-6-2-4-7(5-3-6)8(9)10-11-8/h2-5H,1H3. The third-order valence-corrected chi connectivity index (χ3v) is 2.06. The summed E-state index contributed by atoms with van der Waals surface area (Å²) in [5, 5.41) is 6.71. The molecule has 0 N–H and O–H groups in total. The predicted octanol–water partition coefficient (Wildman–Crippen LogP) is 2.81. The Balaban J connectivity index is 2.34. The molecule has 1 aliphatic heterocycles. The van der Waals surface area contributed by atoms with E-state index >= 15 is 0 Å². The molecule has 1 aliphatic rings. The van der Waals surface area contributed by atoms with Gasteiger partial charge in [-0.25, -0.2) is 0 Å². The van der Waals surface area contributed by atoms with Crippen LogP contribution in [-0.4, -0.2) is 0 Å². The average molecular weight is 167 g/mol. The summed E-state index contributed by atoms with van der Waals surface area (Å²) in [4.78, 5) is 0. The van der Waals surface area contributed by atoms with Crippen molar-refractivity contribution in [2.75, 3.05) is 0 Å². The van der Waals surface area contributed by atoms with Gasteiger partial charge in [-0.05, 0) is 6.92 Å². The summed E-state index contributed by atoms with van der Waals surface area (Å²) >= 11 is 5.89. The Bertz CT molecular complexity index is 296. The highest BCUT2D eigenvalue weighted by molar-refractivity contribution is 6.24. The van der Waals surface area contributed by atoms with E-state index in [0.717, 1.165) is 5.56 Å². The number of rotatable bonds is 1. The van der Waals surface area contributed by atoms with E-state index in [1.807, 2.05) is 31.2 Å². The van der Waals surface area contributed by atoms with Crippen LogP contribution in [0.1, 0.15) is 11.1 Å². The second-order valence-corrected chi connectivity index (χ2v) is 3.18. The van der Waals surface area contributed by atoms with E-state index in [4.69, 9.17) is 11.6 Å². The van der Waals surface area contributed by atoms with Crippen LogP contribution in [0.15, 0.2) is 34.5 Å². The van der Waals surface area contributed by atoms with Gasteiger partial charge in [0.2, 0.25) is 0 Å². The molecule has 0 aliphatic carbocycles. The third kappa shape index (κ3) is 1.14. The largest absolute Gasteiger partial charge is 0.289 e. The van der Waals surface area contributed by atoms with Crippen molar-refractivity contribution in [3.05, 3.63) is 35.4 Å². The molecule has 1 aromatic carbocycles. The zero-order valence-corrected chi connectivity index (χ0v) is 6.84. The van der Waals surface area contributed by atoms with Crippen LogP contribution >= 0.6 is 11.6 Å². The molecule has 11 heavy (non-hydrogen) atoms. The molecule has 3 heteroatoms. The smallest absolute Gasteiger partial charge is 0.135 e. The highest BCUT2D eigenvalue weighted by atomic mass is 35.5. The van der Waals surface area contributed by atoms with Crippen LogP contribution in [-0.2, 0) is 5.12 Å². The molecule has 1 aromatic rings. The van der Waals surface area contributed by atoms with Crippen molar-refractivity contribution in [2.45, 2.75) is 12.0 Å². The van der Waals surface area contributed by atoms with Crippen LogP contribution in [0.3, 0.4) is 0 Å². The predicted molar refractivity (Wildman–Crippen MR) is 43.6 cm³/mol. The summed E-state index contributed by atoms with van der Waals surface area (Å²) in [6.45, 7) is 2.03. The number of hydrogen-bond donors (Lipinski definition) is 0. The molecule has 0 saturated heterocycles. The molecular weight excluding hydrogens is 160 g/mol. The van der Waals surface area contributed by atoms with Crippen molar-refractivity contribution in [1.29, 1.82) is 0 Å². The fourth-order valence-corrected chi connectivity index (χ4v) is 1.09. The summed E-state index contributed by atoms with van der Waals surface area (Å²) in [5.74, 6) is 0. The van der Waals surface area contributed by atoms with Gasteiger partial charge >= 0.3 is 0 Å². The van der Waals surface area contributed by atoms with Crippen LogP contribution in [0.25, 0.3) is 0 Å². The Morgan fingerprint density at radius 2 is 1.73 bits per heavy atom. The first-order chi connectivity index (χ1) is 5.21. The molecule has 56 valence electrons. The second kappa shape index (κ2) is 2.05. The van der Waals surface area contributed by atoms with E-state index in [-0.39, 0.29) is 0 Å². The number of nitrogens with zero attached hydrogens (tertiary/aromatic N) is 2. The zero-order valence-electron chi connectivity index (χ0n) is 6.08. The quantitative estimate of drug-likeness (QED) is 0.453. The molecule has 0 spiro atoms. The summed E-state index contributed by atoms with van der Waals surface area (Å²) in [6, 6.07) is 7.90. The van der Waals surface area contributed by atoms with Gasteiger partial charge < -0.3 is 0 Å². The second-order valence-electron chi connectivity index (χ2n) is 2.65. The first kappa shape index (κ1) is 6.80. The SMILES string of the molecule is Cc1ccc(C2(Cl)N=N2)cc1. The van der Waals surface area contributed by atoms with Gasteiger partial charge in [0.1, 0.15) is 0 Å². The lowest BCUT2D eigenvalue weighted by atomic mass is 10.1. The van der Waals surface area contributed by atoms with Crippen molar-refractivity contribution in [3.8, 4) is 0 Å². The lowest BCUT2D eigenvalue weighted by Crippen LogP contribution is -1.96. The first-order valence-electron chi connectivity index (χ1n) is 3.41. The van der Waals surface area contributed by atoms with E-state index in [0.29, 0.717) is 0 Å². The maximum absolute atomic E-state index is 5.89. The van der Waals surface area contributed by atoms with Crippen molar-refractivity contribution < 1.29 is 0 Å². The number of halogens is 1. The fraction of sp³-hybridized carbons (Fsp3) is 0.250. The maximum atomic E-state index is 5.89. The topological polar surface area (TPSA) is 24.7 Å². The normalized spacial score (nSPS) is 18.4. The van der Waals surface area contributed by atoms with Crippen LogP contribution < -0.4 is 0 Å². The highest BCUT2D eigenvalue weighted by Crippen LogP contribution is 2.43. The van der Waals surface area contributed by atoms with E-state index in [1.54, 1.807) is 0 Å². The average Bonchev–Trinajstić information content (AvgIpc) is 2.70. The molecule has 2 rings (SSSR count). The molecule has 0 unspecified atom stereocenters. The Hall–Kier alpha value is -0.890. The third-order valence-electron chi connectivity index (χ3n) is 1.69. The number of hydrogen-bond acceptors (Lipinski definition) is 2. The Labute approximate surface area is 69.9 Å². The lowest BCUT2D eigenvalue weighted by Gasteiger charge is -2.00. The molecule has 1 heterocycles. The number of benzene rings is 1. The number of aryl methyl sites for hydroxylation is 1. The lowest BCUT2D eigenvalue weighted by molar-refractivity contribution is 0.940. The molecule has 0 bridgehead atoms. The minimum absolute atomic E-state index is 0.742. The van der Waals surface area contributed by atoms with Gasteiger partial charge in [0, 0.05) is 5.56 Å². The van der Waals surface area contributed by atoms with Gasteiger partial charge in [-0.2, -0.15) is 0 Å². The monoisotopic (exact) mass is 166 g/mol. The molecule has 0 radical (unpaired) electrons. The molecule has 0 atom stereocenters. The summed E-state index contributed by atoms with van der Waals surface area (Å²) in [5.41, 5.74) is 2.17. The van der Waals surface area contributed by atoms with Gasteiger partial charge in [0.05, 0.1) is 0 Å². The Kier molecular flexibility index (Phi) is 1.26. The summed E-state index contributed by atoms with van der Waals surface area (Å²) in [7, 11) is 0. The van der Waals surface area contributed by atoms with E-state index in [1.165, 1.54) is 5.56 Å². The molecule has 2 nitrogen and oxygen atoms in total. The molecule has 0 amide bonds. The minimum atomic E-state index is -0.742. The zero-order chi connectivity index (χ0) is 7.90. The van der Waals surface area contributed by atoms with Crippen molar-refractivity contribution in [2.24, 2.45) is 10.2 Å². The van der Waals surface area contributed by atoms with Crippen LogP contribution in [0.5, 0.6) is 0 Å². The van der Waals surface area contributed by atoms with Gasteiger partial charge in [-0.15, -0.1) is 10.2 Å². The summed E-state index contributed by atoms with van der Waals surface area (Å²) in [6.07, 6.45) is 0. The van der Waals surface area contributed by atoms with Crippen LogP contribution in [0.4, 0.5) is 0 Å². The molecule has 0 saturated carbocycles. The van der Waals surface area contributed by atoms with E-state index in [9.17, 15) is 0 Å². The van der Waals surface area contributed by atoms with Gasteiger partial charge in [-0.1, -0.05) is 41.4 Å². The van der Waals surface area contributed by atoms with Crippen molar-refractivity contribution in [3.63, 3.8) is 0 Å². The molecular formula is C8H7ClN2. The maximum Gasteiger partial charge on any atom is 0.289 e. The molecule has 0 fully saturated rings. The number of alkyl halides is 1. The Morgan fingerprint density at radius 3 is 2.18 bits per heavy atom. The minimum Gasteiger partial charge on any atom is -0.135 e.